The molecule has 1 nitrogen and oxygen atoms in total. The van der Waals surface area contributed by atoms with E-state index in [2.05, 4.69) is 48.0 Å². The molecule has 1 N–H and O–H groups in total. The summed E-state index contributed by atoms with van der Waals surface area (Å²) in [6.45, 7) is 5.29. The molecule has 3 heteroatoms. The Bertz CT molecular complexity index is 522. The predicted molar refractivity (Wildman–Crippen MR) is 89.9 cm³/mol. The van der Waals surface area contributed by atoms with Crippen LogP contribution in [-0.4, -0.2) is 6.54 Å². The van der Waals surface area contributed by atoms with E-state index in [-0.39, 0.29) is 0 Å². The zero-order valence-electron chi connectivity index (χ0n) is 12.2. The van der Waals surface area contributed by atoms with Crippen molar-refractivity contribution in [2.75, 3.05) is 6.54 Å². The van der Waals surface area contributed by atoms with Crippen LogP contribution in [0.5, 0.6) is 0 Å². The lowest BCUT2D eigenvalue weighted by molar-refractivity contribution is 0.500. The highest BCUT2D eigenvalue weighted by molar-refractivity contribution is 7.09. The Labute approximate surface area is 131 Å². The molecule has 20 heavy (non-hydrogen) atoms. The molecule has 0 aliphatic heterocycles. The highest BCUT2D eigenvalue weighted by Crippen LogP contribution is 2.25. The van der Waals surface area contributed by atoms with Gasteiger partial charge in [0, 0.05) is 15.9 Å². The molecule has 0 amide bonds. The van der Waals surface area contributed by atoms with Gasteiger partial charge in [0.15, 0.2) is 0 Å². The van der Waals surface area contributed by atoms with Gasteiger partial charge in [0.1, 0.15) is 0 Å². The molecule has 0 saturated heterocycles. The summed E-state index contributed by atoms with van der Waals surface area (Å²) in [5, 5.41) is 6.65. The molecule has 0 fully saturated rings. The first-order valence-corrected chi connectivity index (χ1v) is 8.48. The van der Waals surface area contributed by atoms with Crippen molar-refractivity contribution in [2.24, 2.45) is 0 Å². The van der Waals surface area contributed by atoms with Crippen molar-refractivity contribution in [2.45, 2.75) is 39.2 Å². The topological polar surface area (TPSA) is 12.0 Å². The van der Waals surface area contributed by atoms with Crippen LogP contribution in [0.2, 0.25) is 5.02 Å². The molecule has 0 aliphatic rings. The van der Waals surface area contributed by atoms with E-state index < -0.39 is 0 Å². The minimum atomic E-state index is 0.384. The molecule has 2 aromatic rings. The van der Waals surface area contributed by atoms with E-state index in [4.69, 9.17) is 11.6 Å². The van der Waals surface area contributed by atoms with Crippen molar-refractivity contribution >= 4 is 22.9 Å². The maximum Gasteiger partial charge on any atom is 0.0438 e. The first kappa shape index (κ1) is 15.6. The molecular formula is C17H22ClNS. The average Bonchev–Trinajstić information content (AvgIpc) is 2.95. The number of nitrogens with one attached hydrogen (secondary N) is 1. The standard InChI is InChI=1S/C17H22ClNS/c1-3-10-19-17(9-8-15-5-4-11-20-15)14-7-6-13(2)16(18)12-14/h4-7,11-12,17,19H,3,8-10H2,1-2H3. The zero-order valence-corrected chi connectivity index (χ0v) is 13.7. The molecule has 1 aromatic carbocycles. The summed E-state index contributed by atoms with van der Waals surface area (Å²) in [5.74, 6) is 0. The molecule has 1 unspecified atom stereocenters. The summed E-state index contributed by atoms with van der Waals surface area (Å²) >= 11 is 8.10. The molecule has 0 spiro atoms. The van der Waals surface area contributed by atoms with Crippen LogP contribution in [0.1, 0.15) is 41.8 Å². The van der Waals surface area contributed by atoms with Gasteiger partial charge in [-0.2, -0.15) is 0 Å². The third-order valence-corrected chi connectivity index (χ3v) is 4.84. The lowest BCUT2D eigenvalue weighted by Crippen LogP contribution is -2.22. The summed E-state index contributed by atoms with van der Waals surface area (Å²) in [7, 11) is 0. The monoisotopic (exact) mass is 307 g/mol. The van der Waals surface area contributed by atoms with E-state index >= 15 is 0 Å². The number of thiophene rings is 1. The highest BCUT2D eigenvalue weighted by atomic mass is 35.5. The van der Waals surface area contributed by atoms with Gasteiger partial charge >= 0.3 is 0 Å². The molecule has 1 atom stereocenters. The van der Waals surface area contributed by atoms with Gasteiger partial charge in [0.2, 0.25) is 0 Å². The van der Waals surface area contributed by atoms with Crippen LogP contribution in [0, 0.1) is 6.92 Å². The van der Waals surface area contributed by atoms with E-state index in [9.17, 15) is 0 Å². The van der Waals surface area contributed by atoms with Gasteiger partial charge in [-0.25, -0.2) is 0 Å². The fraction of sp³-hybridized carbons (Fsp3) is 0.412. The molecule has 0 saturated carbocycles. The molecular weight excluding hydrogens is 286 g/mol. The number of rotatable bonds is 7. The van der Waals surface area contributed by atoms with Gasteiger partial charge in [0.05, 0.1) is 0 Å². The average molecular weight is 308 g/mol. The van der Waals surface area contributed by atoms with Gasteiger partial charge in [-0.15, -0.1) is 11.3 Å². The van der Waals surface area contributed by atoms with Crippen LogP contribution in [-0.2, 0) is 6.42 Å². The van der Waals surface area contributed by atoms with Crippen molar-refractivity contribution < 1.29 is 0 Å². The van der Waals surface area contributed by atoms with E-state index in [0.29, 0.717) is 6.04 Å². The summed E-state index contributed by atoms with van der Waals surface area (Å²) in [4.78, 5) is 1.45. The van der Waals surface area contributed by atoms with Gasteiger partial charge in [0.25, 0.3) is 0 Å². The van der Waals surface area contributed by atoms with Crippen LogP contribution in [0.15, 0.2) is 35.7 Å². The fourth-order valence-electron chi connectivity index (χ4n) is 2.27. The van der Waals surface area contributed by atoms with E-state index in [1.807, 2.05) is 18.3 Å². The maximum atomic E-state index is 6.27. The smallest absolute Gasteiger partial charge is 0.0438 e. The van der Waals surface area contributed by atoms with Gasteiger partial charge in [-0.05, 0) is 61.4 Å². The zero-order chi connectivity index (χ0) is 14.4. The maximum absolute atomic E-state index is 6.27. The molecule has 2 rings (SSSR count). The van der Waals surface area contributed by atoms with E-state index in [1.54, 1.807) is 0 Å². The molecule has 1 aromatic heterocycles. The van der Waals surface area contributed by atoms with Crippen molar-refractivity contribution in [1.82, 2.24) is 5.32 Å². The van der Waals surface area contributed by atoms with Crippen LogP contribution >= 0.6 is 22.9 Å². The Balaban J connectivity index is 2.07. The summed E-state index contributed by atoms with van der Waals surface area (Å²) < 4.78 is 0. The molecule has 0 radical (unpaired) electrons. The van der Waals surface area contributed by atoms with Crippen LogP contribution in [0.25, 0.3) is 0 Å². The second-order valence-corrected chi connectivity index (χ2v) is 6.57. The molecule has 108 valence electrons. The largest absolute Gasteiger partial charge is 0.310 e. The Kier molecular flexibility index (Phi) is 6.08. The lowest BCUT2D eigenvalue weighted by atomic mass is 10.00. The fourth-order valence-corrected chi connectivity index (χ4v) is 3.19. The first-order chi connectivity index (χ1) is 9.70. The van der Waals surface area contributed by atoms with Gasteiger partial charge in [-0.3, -0.25) is 0 Å². The number of aryl methyl sites for hydroxylation is 2. The second kappa shape index (κ2) is 7.82. The number of benzene rings is 1. The van der Waals surface area contributed by atoms with Crippen molar-refractivity contribution in [3.05, 3.63) is 56.7 Å². The van der Waals surface area contributed by atoms with Crippen LogP contribution in [0.4, 0.5) is 0 Å². The van der Waals surface area contributed by atoms with Gasteiger partial charge < -0.3 is 5.32 Å². The Morgan fingerprint density at radius 2 is 2.15 bits per heavy atom. The van der Waals surface area contributed by atoms with Crippen molar-refractivity contribution in [1.29, 1.82) is 0 Å². The minimum Gasteiger partial charge on any atom is -0.310 e. The van der Waals surface area contributed by atoms with E-state index in [1.165, 1.54) is 10.4 Å². The minimum absolute atomic E-state index is 0.384. The van der Waals surface area contributed by atoms with Crippen molar-refractivity contribution in [3.8, 4) is 0 Å². The number of hydrogen-bond acceptors (Lipinski definition) is 2. The Morgan fingerprint density at radius 1 is 1.30 bits per heavy atom. The lowest BCUT2D eigenvalue weighted by Gasteiger charge is -2.19. The second-order valence-electron chi connectivity index (χ2n) is 5.13. The highest BCUT2D eigenvalue weighted by Gasteiger charge is 2.12. The Morgan fingerprint density at radius 3 is 2.80 bits per heavy atom. The molecule has 0 aliphatic carbocycles. The Hall–Kier alpha value is -0.830. The SMILES string of the molecule is CCCNC(CCc1cccs1)c1ccc(C)c(Cl)c1. The van der Waals surface area contributed by atoms with Crippen molar-refractivity contribution in [3.63, 3.8) is 0 Å². The van der Waals surface area contributed by atoms with Crippen LogP contribution < -0.4 is 5.32 Å². The van der Waals surface area contributed by atoms with Crippen LogP contribution in [0.3, 0.4) is 0 Å². The quantitative estimate of drug-likeness (QED) is 0.723. The summed E-state index contributed by atoms with van der Waals surface area (Å²) in [6.07, 6.45) is 3.37. The first-order valence-electron chi connectivity index (χ1n) is 7.22. The third kappa shape index (κ3) is 4.34. The third-order valence-electron chi connectivity index (χ3n) is 3.50. The number of halogens is 1. The normalized spacial score (nSPS) is 12.6. The predicted octanol–water partition coefficient (Wildman–Crippen LogP) is 5.38. The van der Waals surface area contributed by atoms with Gasteiger partial charge in [-0.1, -0.05) is 36.7 Å². The summed E-state index contributed by atoms with van der Waals surface area (Å²) in [6, 6.07) is 11.1. The summed E-state index contributed by atoms with van der Waals surface area (Å²) in [5.41, 5.74) is 2.44. The molecule has 1 heterocycles. The molecule has 0 bridgehead atoms. The number of hydrogen-bond donors (Lipinski definition) is 1. The van der Waals surface area contributed by atoms with E-state index in [0.717, 1.165) is 36.4 Å².